The molecule has 0 bridgehead atoms. The first kappa shape index (κ1) is 12.9. The number of hydrogen-bond donors (Lipinski definition) is 2. The highest BCUT2D eigenvalue weighted by molar-refractivity contribution is 7.19. The van der Waals surface area contributed by atoms with Crippen LogP contribution in [0, 0.1) is 22.7 Å². The second-order valence-corrected chi connectivity index (χ2v) is 5.36. The van der Waals surface area contributed by atoms with Crippen molar-refractivity contribution in [3.8, 4) is 23.4 Å². The van der Waals surface area contributed by atoms with Gasteiger partial charge in [-0.15, -0.1) is 11.3 Å². The van der Waals surface area contributed by atoms with Crippen LogP contribution < -0.4 is 11.2 Å². The topological polar surface area (TPSA) is 106 Å². The lowest BCUT2D eigenvalue weighted by molar-refractivity contribution is 1.36. The number of anilines is 1. The highest BCUT2D eigenvalue weighted by Gasteiger charge is 2.19. The molecule has 0 spiro atoms. The average molecular weight is 292 g/mol. The van der Waals surface area contributed by atoms with Crippen molar-refractivity contribution in [3.63, 3.8) is 0 Å². The van der Waals surface area contributed by atoms with Crippen molar-refractivity contribution >= 4 is 27.2 Å². The minimum atomic E-state index is -0.444. The summed E-state index contributed by atoms with van der Waals surface area (Å²) in [6, 6.07) is 13.0. The zero-order valence-electron chi connectivity index (χ0n) is 10.7. The molecule has 3 N–H and O–H groups in total. The van der Waals surface area contributed by atoms with Gasteiger partial charge in [0.2, 0.25) is 5.43 Å². The standard InChI is InChI=1S/C15H8N4OS/c16-6-9-13(8-4-2-1-3-5-8)19-15-11(14(9)20)12(18)10(7-17)21-15/h1-5H,18H2,(H,19,20). The Morgan fingerprint density at radius 3 is 2.48 bits per heavy atom. The Balaban J connectivity index is 2.47. The molecule has 0 saturated carbocycles. The van der Waals surface area contributed by atoms with E-state index in [0.29, 0.717) is 10.5 Å². The number of nitriles is 2. The molecular formula is C15H8N4OS. The van der Waals surface area contributed by atoms with E-state index in [1.807, 2.05) is 30.3 Å². The van der Waals surface area contributed by atoms with Gasteiger partial charge >= 0.3 is 0 Å². The maximum Gasteiger partial charge on any atom is 0.210 e. The number of nitrogens with one attached hydrogen (secondary N) is 1. The van der Waals surface area contributed by atoms with E-state index in [1.165, 1.54) is 0 Å². The number of hydrogen-bond acceptors (Lipinski definition) is 5. The van der Waals surface area contributed by atoms with Crippen LogP contribution in [0.25, 0.3) is 21.5 Å². The van der Waals surface area contributed by atoms with Crippen LogP contribution in [0.15, 0.2) is 35.1 Å². The molecular weight excluding hydrogens is 284 g/mol. The van der Waals surface area contributed by atoms with Crippen LogP contribution in [-0.2, 0) is 0 Å². The Hall–Kier alpha value is -3.09. The predicted octanol–water partition coefficient (Wildman–Crippen LogP) is 2.58. The monoisotopic (exact) mass is 292 g/mol. The second kappa shape index (κ2) is 4.78. The summed E-state index contributed by atoms with van der Waals surface area (Å²) in [4.78, 5) is 16.3. The molecule has 0 radical (unpaired) electrons. The lowest BCUT2D eigenvalue weighted by Crippen LogP contribution is -2.10. The fourth-order valence-electron chi connectivity index (χ4n) is 2.18. The van der Waals surface area contributed by atoms with Crippen molar-refractivity contribution in [2.75, 3.05) is 5.73 Å². The molecule has 0 amide bonds. The summed E-state index contributed by atoms with van der Waals surface area (Å²) >= 11 is 1.12. The van der Waals surface area contributed by atoms with E-state index in [1.54, 1.807) is 12.1 Å². The van der Waals surface area contributed by atoms with Gasteiger partial charge in [0.05, 0.1) is 16.8 Å². The molecule has 3 rings (SSSR count). The minimum absolute atomic E-state index is 0.00249. The lowest BCUT2D eigenvalue weighted by Gasteiger charge is -2.04. The van der Waals surface area contributed by atoms with Gasteiger partial charge in [0.15, 0.2) is 0 Å². The van der Waals surface area contributed by atoms with Crippen LogP contribution in [0.4, 0.5) is 5.69 Å². The SMILES string of the molecule is N#Cc1sc2[nH]c(-c3ccccc3)c(C#N)c(=O)c2c1N. The van der Waals surface area contributed by atoms with E-state index in [-0.39, 0.29) is 21.5 Å². The molecule has 0 aliphatic heterocycles. The van der Waals surface area contributed by atoms with E-state index in [4.69, 9.17) is 11.0 Å². The highest BCUT2D eigenvalue weighted by Crippen LogP contribution is 2.32. The minimum Gasteiger partial charge on any atom is -0.396 e. The van der Waals surface area contributed by atoms with Crippen molar-refractivity contribution < 1.29 is 0 Å². The molecule has 21 heavy (non-hydrogen) atoms. The second-order valence-electron chi connectivity index (χ2n) is 4.34. The Labute approximate surface area is 123 Å². The van der Waals surface area contributed by atoms with Crippen molar-refractivity contribution in [1.82, 2.24) is 4.98 Å². The van der Waals surface area contributed by atoms with Crippen LogP contribution >= 0.6 is 11.3 Å². The number of rotatable bonds is 1. The zero-order chi connectivity index (χ0) is 15.0. The molecule has 0 fully saturated rings. The molecule has 100 valence electrons. The van der Waals surface area contributed by atoms with Crippen LogP contribution in [0.1, 0.15) is 10.4 Å². The number of benzene rings is 1. The Bertz CT molecular complexity index is 987. The van der Waals surface area contributed by atoms with E-state index < -0.39 is 5.43 Å². The molecule has 2 aromatic heterocycles. The van der Waals surface area contributed by atoms with Gasteiger partial charge in [-0.1, -0.05) is 30.3 Å². The summed E-state index contributed by atoms with van der Waals surface area (Å²) in [6.45, 7) is 0. The van der Waals surface area contributed by atoms with Gasteiger partial charge in [-0.2, -0.15) is 10.5 Å². The van der Waals surface area contributed by atoms with Crippen molar-refractivity contribution in [3.05, 3.63) is 51.0 Å². The van der Waals surface area contributed by atoms with Crippen LogP contribution in [0.2, 0.25) is 0 Å². The van der Waals surface area contributed by atoms with Gasteiger partial charge in [0, 0.05) is 0 Å². The third-order valence-electron chi connectivity index (χ3n) is 3.16. The molecule has 0 aliphatic carbocycles. The Morgan fingerprint density at radius 1 is 1.14 bits per heavy atom. The summed E-state index contributed by atoms with van der Waals surface area (Å²) in [5.41, 5.74) is 6.69. The number of H-pyrrole nitrogens is 1. The van der Waals surface area contributed by atoms with E-state index in [9.17, 15) is 10.1 Å². The molecule has 6 heteroatoms. The van der Waals surface area contributed by atoms with Crippen LogP contribution in [0.3, 0.4) is 0 Å². The predicted molar refractivity (Wildman–Crippen MR) is 81.7 cm³/mol. The molecule has 1 aromatic carbocycles. The van der Waals surface area contributed by atoms with Gasteiger partial charge in [-0.3, -0.25) is 4.79 Å². The van der Waals surface area contributed by atoms with Crippen LogP contribution in [0.5, 0.6) is 0 Å². The summed E-state index contributed by atoms with van der Waals surface area (Å²) in [5.74, 6) is 0. The highest BCUT2D eigenvalue weighted by atomic mass is 32.1. The summed E-state index contributed by atoms with van der Waals surface area (Å²) in [5, 5.41) is 18.5. The van der Waals surface area contributed by atoms with E-state index in [0.717, 1.165) is 16.9 Å². The van der Waals surface area contributed by atoms with Crippen LogP contribution in [-0.4, -0.2) is 4.98 Å². The number of thiophene rings is 1. The first-order chi connectivity index (χ1) is 10.2. The zero-order valence-corrected chi connectivity index (χ0v) is 11.5. The summed E-state index contributed by atoms with van der Waals surface area (Å²) in [7, 11) is 0. The van der Waals surface area contributed by atoms with Gasteiger partial charge < -0.3 is 10.7 Å². The maximum absolute atomic E-state index is 12.5. The Morgan fingerprint density at radius 2 is 1.86 bits per heavy atom. The molecule has 2 heterocycles. The number of fused-ring (bicyclic) bond motifs is 1. The third kappa shape index (κ3) is 1.86. The average Bonchev–Trinajstić information content (AvgIpc) is 2.84. The fraction of sp³-hybridized carbons (Fsp3) is 0. The maximum atomic E-state index is 12.5. The number of nitrogen functional groups attached to an aromatic ring is 1. The van der Waals surface area contributed by atoms with Crippen molar-refractivity contribution in [1.29, 1.82) is 10.5 Å². The normalized spacial score (nSPS) is 10.2. The molecule has 3 aromatic rings. The molecule has 0 atom stereocenters. The molecule has 0 aliphatic rings. The number of nitrogens with zero attached hydrogens (tertiary/aromatic N) is 2. The number of aromatic nitrogens is 1. The lowest BCUT2D eigenvalue weighted by atomic mass is 10.0. The van der Waals surface area contributed by atoms with Gasteiger partial charge in [-0.05, 0) is 5.56 Å². The number of aromatic amines is 1. The summed E-state index contributed by atoms with van der Waals surface area (Å²) < 4.78 is 0. The van der Waals surface area contributed by atoms with Gasteiger partial charge in [0.1, 0.15) is 27.4 Å². The molecule has 0 saturated heterocycles. The molecule has 0 unspecified atom stereocenters. The number of nitrogens with two attached hydrogens (primary N) is 1. The summed E-state index contributed by atoms with van der Waals surface area (Å²) in [6.07, 6.45) is 0. The largest absolute Gasteiger partial charge is 0.396 e. The van der Waals surface area contributed by atoms with Gasteiger partial charge in [0.25, 0.3) is 0 Å². The first-order valence-corrected chi connectivity index (χ1v) is 6.83. The third-order valence-corrected chi connectivity index (χ3v) is 4.19. The Kier molecular flexibility index (Phi) is 2.94. The number of pyridine rings is 1. The molecule has 5 nitrogen and oxygen atoms in total. The fourth-order valence-corrected chi connectivity index (χ4v) is 3.10. The van der Waals surface area contributed by atoms with Gasteiger partial charge in [-0.25, -0.2) is 0 Å². The van der Waals surface area contributed by atoms with Crippen molar-refractivity contribution in [2.45, 2.75) is 0 Å². The smallest absolute Gasteiger partial charge is 0.210 e. The van der Waals surface area contributed by atoms with E-state index >= 15 is 0 Å². The first-order valence-electron chi connectivity index (χ1n) is 6.01. The quantitative estimate of drug-likeness (QED) is 0.718. The van der Waals surface area contributed by atoms with E-state index in [2.05, 4.69) is 4.98 Å². The van der Waals surface area contributed by atoms with Crippen molar-refractivity contribution in [2.24, 2.45) is 0 Å².